The van der Waals surface area contributed by atoms with E-state index < -0.39 is 0 Å². The van der Waals surface area contributed by atoms with Crippen LogP contribution in [0.1, 0.15) is 53.9 Å². The van der Waals surface area contributed by atoms with Crippen molar-refractivity contribution >= 4 is 0 Å². The van der Waals surface area contributed by atoms with Crippen molar-refractivity contribution in [2.45, 2.75) is 65.5 Å². The first-order chi connectivity index (χ1) is 7.49. The van der Waals surface area contributed by atoms with Gasteiger partial charge in [0, 0.05) is 11.6 Å². The van der Waals surface area contributed by atoms with Crippen LogP contribution >= 0.6 is 0 Å². The summed E-state index contributed by atoms with van der Waals surface area (Å²) >= 11 is 0. The van der Waals surface area contributed by atoms with Crippen molar-refractivity contribution in [2.24, 2.45) is 5.92 Å². The molecule has 96 valence electrons. The Kier molecular flexibility index (Phi) is 5.26. The molecule has 1 saturated heterocycles. The molecule has 2 unspecified atom stereocenters. The van der Waals surface area contributed by atoms with Crippen molar-refractivity contribution < 1.29 is 0 Å². The van der Waals surface area contributed by atoms with E-state index in [0.717, 1.165) is 19.0 Å². The van der Waals surface area contributed by atoms with Gasteiger partial charge in [-0.25, -0.2) is 0 Å². The van der Waals surface area contributed by atoms with Gasteiger partial charge in [-0.15, -0.1) is 0 Å². The minimum Gasteiger partial charge on any atom is -0.316 e. The predicted molar refractivity (Wildman–Crippen MR) is 71.8 cm³/mol. The van der Waals surface area contributed by atoms with Crippen LogP contribution in [0.25, 0.3) is 0 Å². The molecule has 0 bridgehead atoms. The Hall–Kier alpha value is -0.0800. The average molecular weight is 226 g/mol. The van der Waals surface area contributed by atoms with Crippen LogP contribution in [0.3, 0.4) is 0 Å². The molecule has 0 spiro atoms. The number of hydrogen-bond donors (Lipinski definition) is 1. The van der Waals surface area contributed by atoms with Gasteiger partial charge in [0.05, 0.1) is 0 Å². The molecule has 1 fully saturated rings. The molecule has 1 aliphatic rings. The van der Waals surface area contributed by atoms with Crippen LogP contribution in [0.4, 0.5) is 0 Å². The lowest BCUT2D eigenvalue weighted by Crippen LogP contribution is -2.48. The Labute approximate surface area is 102 Å². The summed E-state index contributed by atoms with van der Waals surface area (Å²) in [5.74, 6) is 0.740. The van der Waals surface area contributed by atoms with Crippen LogP contribution in [-0.4, -0.2) is 36.1 Å². The summed E-state index contributed by atoms with van der Waals surface area (Å²) in [6, 6.07) is 0.696. The van der Waals surface area contributed by atoms with Gasteiger partial charge in [0.25, 0.3) is 0 Å². The SMILES string of the molecule is CCCNCC(C)C(C)N1CCCC1(C)C. The van der Waals surface area contributed by atoms with Gasteiger partial charge in [-0.3, -0.25) is 4.90 Å². The molecule has 0 aliphatic carbocycles. The van der Waals surface area contributed by atoms with Crippen LogP contribution in [0, 0.1) is 5.92 Å². The quantitative estimate of drug-likeness (QED) is 0.701. The molecule has 1 heterocycles. The second-order valence-electron chi connectivity index (χ2n) is 6.03. The monoisotopic (exact) mass is 226 g/mol. The van der Waals surface area contributed by atoms with Crippen molar-refractivity contribution in [1.82, 2.24) is 10.2 Å². The smallest absolute Gasteiger partial charge is 0.0156 e. The molecule has 0 saturated carbocycles. The minimum atomic E-state index is 0.415. The second kappa shape index (κ2) is 6.02. The van der Waals surface area contributed by atoms with Gasteiger partial charge in [0.2, 0.25) is 0 Å². The molecular formula is C14H30N2. The van der Waals surface area contributed by atoms with E-state index in [1.807, 2.05) is 0 Å². The molecule has 0 amide bonds. The van der Waals surface area contributed by atoms with E-state index in [2.05, 4.69) is 44.8 Å². The van der Waals surface area contributed by atoms with Crippen molar-refractivity contribution in [3.05, 3.63) is 0 Å². The van der Waals surface area contributed by atoms with E-state index in [1.165, 1.54) is 25.8 Å². The number of nitrogens with zero attached hydrogens (tertiary/aromatic N) is 1. The third-order valence-electron chi connectivity index (χ3n) is 4.17. The normalized spacial score (nSPS) is 24.6. The van der Waals surface area contributed by atoms with Gasteiger partial charge in [-0.05, 0) is 65.6 Å². The summed E-state index contributed by atoms with van der Waals surface area (Å²) in [7, 11) is 0. The summed E-state index contributed by atoms with van der Waals surface area (Å²) in [5.41, 5.74) is 0.415. The lowest BCUT2D eigenvalue weighted by molar-refractivity contribution is 0.0918. The van der Waals surface area contributed by atoms with Crippen LogP contribution in [0.15, 0.2) is 0 Å². The zero-order valence-electron chi connectivity index (χ0n) is 11.8. The maximum absolute atomic E-state index is 3.54. The summed E-state index contributed by atoms with van der Waals surface area (Å²) in [5, 5.41) is 3.54. The molecule has 2 heteroatoms. The van der Waals surface area contributed by atoms with E-state index in [0.29, 0.717) is 11.6 Å². The fourth-order valence-corrected chi connectivity index (χ4v) is 2.87. The molecule has 0 radical (unpaired) electrons. The molecule has 0 aromatic heterocycles. The largest absolute Gasteiger partial charge is 0.316 e. The Morgan fingerprint density at radius 3 is 2.50 bits per heavy atom. The summed E-state index contributed by atoms with van der Waals surface area (Å²) < 4.78 is 0. The topological polar surface area (TPSA) is 15.3 Å². The number of likely N-dealkylation sites (tertiary alicyclic amines) is 1. The van der Waals surface area contributed by atoms with Crippen molar-refractivity contribution in [1.29, 1.82) is 0 Å². The molecule has 2 nitrogen and oxygen atoms in total. The third-order valence-corrected chi connectivity index (χ3v) is 4.17. The summed E-state index contributed by atoms with van der Waals surface area (Å²) in [6.45, 7) is 15.4. The molecule has 0 aromatic rings. The van der Waals surface area contributed by atoms with E-state index >= 15 is 0 Å². The highest BCUT2D eigenvalue weighted by Gasteiger charge is 2.36. The van der Waals surface area contributed by atoms with Gasteiger partial charge in [-0.2, -0.15) is 0 Å². The number of hydrogen-bond acceptors (Lipinski definition) is 2. The van der Waals surface area contributed by atoms with Gasteiger partial charge < -0.3 is 5.32 Å². The van der Waals surface area contributed by atoms with Crippen LogP contribution < -0.4 is 5.32 Å². The molecule has 0 aromatic carbocycles. The van der Waals surface area contributed by atoms with Crippen molar-refractivity contribution in [3.63, 3.8) is 0 Å². The van der Waals surface area contributed by atoms with Crippen LogP contribution in [0.5, 0.6) is 0 Å². The van der Waals surface area contributed by atoms with Gasteiger partial charge in [-0.1, -0.05) is 13.8 Å². The molecule has 1 aliphatic heterocycles. The van der Waals surface area contributed by atoms with E-state index in [9.17, 15) is 0 Å². The third kappa shape index (κ3) is 3.46. The highest BCUT2D eigenvalue weighted by molar-refractivity contribution is 4.92. The van der Waals surface area contributed by atoms with Gasteiger partial charge in [0.15, 0.2) is 0 Å². The summed E-state index contributed by atoms with van der Waals surface area (Å²) in [4.78, 5) is 2.70. The zero-order chi connectivity index (χ0) is 12.2. The molecule has 1 N–H and O–H groups in total. The van der Waals surface area contributed by atoms with Crippen molar-refractivity contribution in [2.75, 3.05) is 19.6 Å². The van der Waals surface area contributed by atoms with Crippen LogP contribution in [0.2, 0.25) is 0 Å². The number of nitrogens with one attached hydrogen (secondary N) is 1. The molecule has 16 heavy (non-hydrogen) atoms. The Bertz CT molecular complexity index is 201. The Morgan fingerprint density at radius 2 is 2.00 bits per heavy atom. The number of rotatable bonds is 6. The zero-order valence-corrected chi connectivity index (χ0v) is 11.8. The first kappa shape index (κ1) is 14.0. The highest BCUT2D eigenvalue weighted by atomic mass is 15.2. The fraction of sp³-hybridized carbons (Fsp3) is 1.00. The summed E-state index contributed by atoms with van der Waals surface area (Å²) in [6.07, 6.45) is 3.95. The van der Waals surface area contributed by atoms with E-state index in [-0.39, 0.29) is 0 Å². The predicted octanol–water partition coefficient (Wildman–Crippen LogP) is 2.89. The Balaban J connectivity index is 2.40. The first-order valence-electron chi connectivity index (χ1n) is 6.96. The first-order valence-corrected chi connectivity index (χ1v) is 6.96. The minimum absolute atomic E-state index is 0.415. The fourth-order valence-electron chi connectivity index (χ4n) is 2.87. The lowest BCUT2D eigenvalue weighted by Gasteiger charge is -2.39. The molecule has 1 rings (SSSR count). The van der Waals surface area contributed by atoms with E-state index in [1.54, 1.807) is 0 Å². The maximum atomic E-state index is 3.54. The highest BCUT2D eigenvalue weighted by Crippen LogP contribution is 2.32. The van der Waals surface area contributed by atoms with Gasteiger partial charge >= 0.3 is 0 Å². The van der Waals surface area contributed by atoms with Crippen molar-refractivity contribution in [3.8, 4) is 0 Å². The maximum Gasteiger partial charge on any atom is 0.0156 e. The average Bonchev–Trinajstić information content (AvgIpc) is 2.57. The molecular weight excluding hydrogens is 196 g/mol. The van der Waals surface area contributed by atoms with E-state index in [4.69, 9.17) is 0 Å². The standard InChI is InChI=1S/C14H30N2/c1-6-9-15-11-12(2)13(3)16-10-7-8-14(16,4)5/h12-13,15H,6-11H2,1-5H3. The van der Waals surface area contributed by atoms with Gasteiger partial charge in [0.1, 0.15) is 0 Å². The Morgan fingerprint density at radius 1 is 1.31 bits per heavy atom. The molecule has 2 atom stereocenters. The van der Waals surface area contributed by atoms with Crippen LogP contribution in [-0.2, 0) is 0 Å². The lowest BCUT2D eigenvalue weighted by atomic mass is 9.96. The second-order valence-corrected chi connectivity index (χ2v) is 6.03.